The zero-order valence-corrected chi connectivity index (χ0v) is 21.4. The van der Waals surface area contributed by atoms with Gasteiger partial charge in [0.05, 0.1) is 24.6 Å². The number of hydrogen-bond acceptors (Lipinski definition) is 8. The minimum atomic E-state index is -1.21. The van der Waals surface area contributed by atoms with Crippen LogP contribution in [0.4, 0.5) is 5.13 Å². The summed E-state index contributed by atoms with van der Waals surface area (Å²) in [6.45, 7) is 4.16. The quantitative estimate of drug-likeness (QED) is 0.0887. The lowest BCUT2D eigenvalue weighted by atomic mass is 10.1. The summed E-state index contributed by atoms with van der Waals surface area (Å²) in [5, 5.41) is 18.7. The van der Waals surface area contributed by atoms with Crippen molar-refractivity contribution in [2.75, 3.05) is 11.9 Å². The topological polar surface area (TPSA) is 228 Å². The molecule has 0 aliphatic heterocycles. The van der Waals surface area contributed by atoms with Gasteiger partial charge in [0, 0.05) is 18.0 Å². The fraction of sp³-hybridized carbons (Fsp3) is 0.600. The number of anilines is 1. The largest absolute Gasteiger partial charge is 0.481 e. The number of hydrogen-bond donors (Lipinski definition) is 7. The Morgan fingerprint density at radius 3 is 2.37 bits per heavy atom. The van der Waals surface area contributed by atoms with Gasteiger partial charge in [-0.1, -0.05) is 13.8 Å². The van der Waals surface area contributed by atoms with E-state index in [-0.39, 0.29) is 36.0 Å². The number of thiazole rings is 1. The molecule has 0 spiro atoms. The summed E-state index contributed by atoms with van der Waals surface area (Å²) < 4.78 is 0. The molecule has 0 radical (unpaired) electrons. The first kappa shape index (κ1) is 32.0. The number of halogens is 1. The van der Waals surface area contributed by atoms with E-state index < -0.39 is 42.2 Å². The van der Waals surface area contributed by atoms with Gasteiger partial charge in [0.2, 0.25) is 17.7 Å². The van der Waals surface area contributed by atoms with Crippen LogP contribution in [0.1, 0.15) is 51.6 Å². The zero-order valence-electron chi connectivity index (χ0n) is 19.8. The van der Waals surface area contributed by atoms with Gasteiger partial charge in [0.1, 0.15) is 6.04 Å². The van der Waals surface area contributed by atoms with Gasteiger partial charge in [0.25, 0.3) is 0 Å². The molecule has 0 aliphatic rings. The molecule has 13 nitrogen and oxygen atoms in total. The molecule has 15 heteroatoms. The molecule has 0 fully saturated rings. The number of nitrogens with zero attached hydrogens (tertiary/aromatic N) is 2. The first-order chi connectivity index (χ1) is 16.0. The van der Waals surface area contributed by atoms with Crippen LogP contribution in [0.25, 0.3) is 0 Å². The molecule has 35 heavy (non-hydrogen) atoms. The third-order valence-electron chi connectivity index (χ3n) is 4.79. The second kappa shape index (κ2) is 16.6. The highest BCUT2D eigenvalue weighted by Gasteiger charge is 2.25. The van der Waals surface area contributed by atoms with Gasteiger partial charge in [-0.25, -0.2) is 4.98 Å². The second-order valence-electron chi connectivity index (χ2n) is 7.61. The lowest BCUT2D eigenvalue weighted by Gasteiger charge is -2.21. The van der Waals surface area contributed by atoms with Crippen LogP contribution in [0.5, 0.6) is 0 Å². The maximum atomic E-state index is 12.4. The van der Waals surface area contributed by atoms with E-state index >= 15 is 0 Å². The SMILES string of the molecule is CCC(CC)NC(=O)[C@H](CC(=O)O)NC(=O)Cc1csc(NC(=O)[C@@H](N)CCCN=C(N)N)n1.Cl. The van der Waals surface area contributed by atoms with Crippen molar-refractivity contribution in [2.24, 2.45) is 22.2 Å². The summed E-state index contributed by atoms with van der Waals surface area (Å²) in [7, 11) is 0. The Hall–Kier alpha value is -2.97. The highest BCUT2D eigenvalue weighted by Crippen LogP contribution is 2.16. The van der Waals surface area contributed by atoms with Crippen molar-refractivity contribution in [2.45, 2.75) is 70.5 Å². The lowest BCUT2D eigenvalue weighted by Crippen LogP contribution is -2.50. The Bertz CT molecular complexity index is 873. The number of guanidine groups is 1. The molecule has 3 amide bonds. The number of carbonyl (C=O) groups excluding carboxylic acids is 3. The fourth-order valence-corrected chi connectivity index (χ4v) is 3.60. The van der Waals surface area contributed by atoms with Gasteiger partial charge >= 0.3 is 5.97 Å². The monoisotopic (exact) mass is 534 g/mol. The first-order valence-corrected chi connectivity index (χ1v) is 11.8. The normalized spacial score (nSPS) is 12.1. The molecule has 0 aliphatic carbocycles. The number of nitrogens with one attached hydrogen (secondary N) is 3. The number of aliphatic imine (C=N–C) groups is 1. The van der Waals surface area contributed by atoms with Crippen LogP contribution in [0.2, 0.25) is 0 Å². The van der Waals surface area contributed by atoms with Gasteiger partial charge in [-0.15, -0.1) is 23.7 Å². The van der Waals surface area contributed by atoms with Crippen molar-refractivity contribution in [3.05, 3.63) is 11.1 Å². The summed E-state index contributed by atoms with van der Waals surface area (Å²) in [6, 6.07) is -2.10. The third kappa shape index (κ3) is 12.9. The number of rotatable bonds is 15. The molecule has 198 valence electrons. The van der Waals surface area contributed by atoms with Crippen molar-refractivity contribution < 1.29 is 24.3 Å². The number of carboxylic acid groups (broad SMARTS) is 1. The zero-order chi connectivity index (χ0) is 25.7. The molecule has 0 aromatic carbocycles. The van der Waals surface area contributed by atoms with Gasteiger partial charge in [0.15, 0.2) is 11.1 Å². The maximum Gasteiger partial charge on any atom is 0.305 e. The average molecular weight is 535 g/mol. The van der Waals surface area contributed by atoms with E-state index in [2.05, 4.69) is 25.9 Å². The Kier molecular flexibility index (Phi) is 15.2. The summed E-state index contributed by atoms with van der Waals surface area (Å²) >= 11 is 1.11. The Morgan fingerprint density at radius 1 is 1.14 bits per heavy atom. The number of carbonyl (C=O) groups is 4. The molecule has 1 aromatic heterocycles. The van der Waals surface area contributed by atoms with E-state index in [1.165, 1.54) is 0 Å². The number of aliphatic carboxylic acids is 1. The summed E-state index contributed by atoms with van der Waals surface area (Å²) in [6.07, 6.45) is 1.53. The number of nitrogens with two attached hydrogens (primary N) is 3. The summed E-state index contributed by atoms with van der Waals surface area (Å²) in [4.78, 5) is 56.2. The van der Waals surface area contributed by atoms with E-state index in [0.717, 1.165) is 11.3 Å². The van der Waals surface area contributed by atoms with Crippen molar-refractivity contribution in [1.82, 2.24) is 15.6 Å². The first-order valence-electron chi connectivity index (χ1n) is 10.9. The molecule has 2 atom stereocenters. The van der Waals surface area contributed by atoms with Crippen molar-refractivity contribution in [1.29, 1.82) is 0 Å². The van der Waals surface area contributed by atoms with Crippen LogP contribution in [-0.2, 0) is 25.6 Å². The van der Waals surface area contributed by atoms with Crippen LogP contribution in [-0.4, -0.2) is 64.4 Å². The molecule has 0 saturated heterocycles. The highest BCUT2D eigenvalue weighted by atomic mass is 35.5. The third-order valence-corrected chi connectivity index (χ3v) is 5.60. The molecular formula is C20H35ClN8O5S. The Morgan fingerprint density at radius 2 is 1.80 bits per heavy atom. The Labute approximate surface area is 214 Å². The van der Waals surface area contributed by atoms with Crippen molar-refractivity contribution in [3.63, 3.8) is 0 Å². The van der Waals surface area contributed by atoms with E-state index in [0.29, 0.717) is 37.9 Å². The van der Waals surface area contributed by atoms with Crippen molar-refractivity contribution >= 4 is 58.5 Å². The second-order valence-corrected chi connectivity index (χ2v) is 8.46. The summed E-state index contributed by atoms with van der Waals surface area (Å²) in [5.41, 5.74) is 16.7. The van der Waals surface area contributed by atoms with E-state index in [9.17, 15) is 19.2 Å². The number of carboxylic acids is 1. The molecule has 0 bridgehead atoms. The summed E-state index contributed by atoms with van der Waals surface area (Å²) in [5.74, 6) is -2.79. The van der Waals surface area contributed by atoms with Gasteiger partial charge in [-0.2, -0.15) is 0 Å². The van der Waals surface area contributed by atoms with Gasteiger partial charge in [-0.3, -0.25) is 24.2 Å². The molecular weight excluding hydrogens is 500 g/mol. The molecule has 0 saturated carbocycles. The van der Waals surface area contributed by atoms with Gasteiger partial charge in [-0.05, 0) is 25.7 Å². The van der Waals surface area contributed by atoms with Crippen LogP contribution < -0.4 is 33.2 Å². The van der Waals surface area contributed by atoms with Crippen LogP contribution >= 0.6 is 23.7 Å². The van der Waals surface area contributed by atoms with Crippen molar-refractivity contribution in [3.8, 4) is 0 Å². The minimum Gasteiger partial charge on any atom is -0.481 e. The highest BCUT2D eigenvalue weighted by molar-refractivity contribution is 7.13. The predicted octanol–water partition coefficient (Wildman–Crippen LogP) is -0.309. The number of aromatic nitrogens is 1. The fourth-order valence-electron chi connectivity index (χ4n) is 2.88. The minimum absolute atomic E-state index is 0. The van der Waals surface area contributed by atoms with Crippen LogP contribution in [0, 0.1) is 0 Å². The standard InChI is InChI=1S/C20H34N8O5S.ClH/c1-3-11(4-2)25-18(33)14(9-16(30)31)27-15(29)8-12-10-34-20(26-12)28-17(32)13(21)6-5-7-24-19(22)23;/h10-11,13-14H,3-9,21H2,1-2H3,(H,25,33)(H,27,29)(H,30,31)(H4,22,23,24)(H,26,28,32);1H/t13-,14-;/m0./s1. The molecule has 0 unspecified atom stereocenters. The van der Waals surface area contributed by atoms with Crippen LogP contribution in [0.15, 0.2) is 10.4 Å². The average Bonchev–Trinajstić information content (AvgIpc) is 3.19. The molecule has 1 heterocycles. The van der Waals surface area contributed by atoms with E-state index in [1.54, 1.807) is 5.38 Å². The smallest absolute Gasteiger partial charge is 0.305 e. The van der Waals surface area contributed by atoms with E-state index in [4.69, 9.17) is 22.3 Å². The Balaban J connectivity index is 0.0000116. The number of amides is 3. The molecule has 1 rings (SSSR count). The van der Waals surface area contributed by atoms with Crippen LogP contribution in [0.3, 0.4) is 0 Å². The maximum absolute atomic E-state index is 12.4. The molecule has 1 aromatic rings. The van der Waals surface area contributed by atoms with Gasteiger partial charge < -0.3 is 38.3 Å². The van der Waals surface area contributed by atoms with E-state index in [1.807, 2.05) is 13.8 Å². The predicted molar refractivity (Wildman–Crippen MR) is 136 cm³/mol. The molecule has 10 N–H and O–H groups in total. The lowest BCUT2D eigenvalue weighted by molar-refractivity contribution is -0.140.